The van der Waals surface area contributed by atoms with Crippen molar-refractivity contribution in [3.8, 4) is 0 Å². The van der Waals surface area contributed by atoms with E-state index in [0.717, 1.165) is 22.3 Å². The SMILES string of the molecule is N=C(N)c1cc(CN2C(=O)N(Cc3cccc(C(=O)NCCCP(=O)(OCc4ccccc4)OCc4ccccc4)c3)[C@H](Cc3ccccc3)[C@H](O)[C@@H](O)[C@H]2Cc2ccccc2)ccc1N. The van der Waals surface area contributed by atoms with E-state index in [1.807, 2.05) is 127 Å². The molecule has 3 amide bonds. The van der Waals surface area contributed by atoms with E-state index in [9.17, 15) is 19.6 Å². The first-order valence-electron chi connectivity index (χ1n) is 22.0. The fraction of sp³-hybridized carbons (Fsp3) is 0.250. The van der Waals surface area contributed by atoms with Gasteiger partial charge in [-0.3, -0.25) is 14.8 Å². The van der Waals surface area contributed by atoms with E-state index in [2.05, 4.69) is 5.32 Å². The molecular weight excluding hydrogens is 852 g/mol. The maximum Gasteiger partial charge on any atom is 0.331 e. The molecule has 1 aliphatic heterocycles. The van der Waals surface area contributed by atoms with E-state index in [1.54, 1.807) is 46.2 Å². The zero-order valence-corrected chi connectivity index (χ0v) is 37.6. The van der Waals surface area contributed by atoms with Crippen LogP contribution < -0.4 is 16.8 Å². The number of nitrogen functional groups attached to an aromatic ring is 2. The minimum atomic E-state index is -3.57. The van der Waals surface area contributed by atoms with Crippen LogP contribution in [0, 0.1) is 5.41 Å². The second-order valence-corrected chi connectivity index (χ2v) is 18.7. The molecule has 6 aromatic carbocycles. The van der Waals surface area contributed by atoms with Gasteiger partial charge in [0.05, 0.1) is 31.5 Å². The number of amides is 3. The molecule has 4 atom stereocenters. The summed E-state index contributed by atoms with van der Waals surface area (Å²) >= 11 is 0. The first-order valence-corrected chi connectivity index (χ1v) is 23.8. The van der Waals surface area contributed by atoms with Crippen LogP contribution in [0.25, 0.3) is 0 Å². The van der Waals surface area contributed by atoms with Crippen LogP contribution in [0.15, 0.2) is 164 Å². The van der Waals surface area contributed by atoms with E-state index in [0.29, 0.717) is 34.4 Å². The highest BCUT2D eigenvalue weighted by molar-refractivity contribution is 7.53. The van der Waals surface area contributed by atoms with Crippen molar-refractivity contribution in [3.63, 3.8) is 0 Å². The largest absolute Gasteiger partial charge is 0.398 e. The summed E-state index contributed by atoms with van der Waals surface area (Å²) in [4.78, 5) is 32.1. The minimum Gasteiger partial charge on any atom is -0.398 e. The zero-order chi connectivity index (χ0) is 46.5. The van der Waals surface area contributed by atoms with Gasteiger partial charge in [0.2, 0.25) is 0 Å². The first kappa shape index (κ1) is 47.4. The smallest absolute Gasteiger partial charge is 0.331 e. The van der Waals surface area contributed by atoms with Gasteiger partial charge in [-0.05, 0) is 76.9 Å². The molecule has 66 heavy (non-hydrogen) atoms. The van der Waals surface area contributed by atoms with Crippen molar-refractivity contribution < 1.29 is 33.4 Å². The fourth-order valence-electron chi connectivity index (χ4n) is 8.19. The number of anilines is 1. The Labute approximate surface area is 386 Å². The highest BCUT2D eigenvalue weighted by atomic mass is 31.2. The number of nitrogens with zero attached hydrogens (tertiary/aromatic N) is 2. The van der Waals surface area contributed by atoms with Gasteiger partial charge in [-0.1, -0.05) is 140 Å². The number of hydrogen-bond acceptors (Lipinski definition) is 9. The number of nitrogens with one attached hydrogen (secondary N) is 2. The third-order valence-electron chi connectivity index (χ3n) is 11.7. The average Bonchev–Trinajstić information content (AvgIpc) is 3.40. The van der Waals surface area contributed by atoms with E-state index >= 15 is 4.79 Å². The summed E-state index contributed by atoms with van der Waals surface area (Å²) in [5.74, 6) is -0.586. The summed E-state index contributed by atoms with van der Waals surface area (Å²) in [5, 5.41) is 35.4. The molecule has 0 saturated carbocycles. The van der Waals surface area contributed by atoms with Gasteiger partial charge in [0.15, 0.2) is 0 Å². The number of carbonyl (C=O) groups excluding carboxylic acids is 2. The van der Waals surface area contributed by atoms with Gasteiger partial charge in [0.1, 0.15) is 18.0 Å². The predicted octanol–water partition coefficient (Wildman–Crippen LogP) is 7.68. The van der Waals surface area contributed by atoms with Crippen molar-refractivity contribution in [2.45, 2.75) is 69.9 Å². The molecule has 0 aromatic heterocycles. The molecule has 0 unspecified atom stereocenters. The molecule has 0 bridgehead atoms. The molecular formula is C52H57N6O7P. The summed E-state index contributed by atoms with van der Waals surface area (Å²) in [6.07, 6.45) is -1.86. The van der Waals surface area contributed by atoms with Crippen molar-refractivity contribution in [2.24, 2.45) is 5.73 Å². The maximum absolute atomic E-state index is 15.3. The topological polar surface area (TPSA) is 205 Å². The summed E-state index contributed by atoms with van der Waals surface area (Å²) in [5.41, 5.74) is 17.7. The van der Waals surface area contributed by atoms with Gasteiger partial charge in [-0.2, -0.15) is 0 Å². The molecule has 0 aliphatic carbocycles. The normalized spacial score (nSPS) is 17.6. The highest BCUT2D eigenvalue weighted by Gasteiger charge is 2.46. The minimum absolute atomic E-state index is 0.00306. The van der Waals surface area contributed by atoms with Crippen LogP contribution in [0.2, 0.25) is 0 Å². The lowest BCUT2D eigenvalue weighted by atomic mass is 9.90. The van der Waals surface area contributed by atoms with Crippen molar-refractivity contribution in [2.75, 3.05) is 18.4 Å². The van der Waals surface area contributed by atoms with Gasteiger partial charge in [-0.25, -0.2) is 4.79 Å². The van der Waals surface area contributed by atoms with Crippen LogP contribution in [-0.2, 0) is 52.8 Å². The number of aliphatic hydroxyl groups excluding tert-OH is 2. The number of aliphatic hydroxyl groups is 2. The van der Waals surface area contributed by atoms with E-state index in [1.165, 1.54) is 0 Å². The highest BCUT2D eigenvalue weighted by Crippen LogP contribution is 2.50. The predicted molar refractivity (Wildman–Crippen MR) is 257 cm³/mol. The second-order valence-electron chi connectivity index (χ2n) is 16.5. The number of hydrogen-bond donors (Lipinski definition) is 6. The quantitative estimate of drug-likeness (QED) is 0.0146. The molecule has 0 radical (unpaired) electrons. The maximum atomic E-state index is 15.3. The van der Waals surface area contributed by atoms with Gasteiger partial charge in [0, 0.05) is 36.4 Å². The van der Waals surface area contributed by atoms with Crippen molar-refractivity contribution >= 4 is 31.1 Å². The summed E-state index contributed by atoms with van der Waals surface area (Å²) in [6.45, 7) is 0.428. The Morgan fingerprint density at radius 1 is 0.636 bits per heavy atom. The Hall–Kier alpha value is -6.60. The van der Waals surface area contributed by atoms with Crippen LogP contribution in [0.4, 0.5) is 10.5 Å². The number of nitrogens with two attached hydrogens (primary N) is 2. The molecule has 1 saturated heterocycles. The standard InChI is InChI=1S/C52H57N6O7P/c53-45-26-25-42(30-44(45)50(54)55)34-58-47(32-38-17-7-2-8-18-38)49(60)48(59)46(31-37-15-5-1-6-16-37)57(52(58)62)33-41-23-13-24-43(29-41)51(61)56-27-14-28-66(63,64-35-39-19-9-3-10-20-39)65-36-40-21-11-4-12-22-40/h1-13,15-26,29-30,46-49,59-60H,14,27-28,31-36,53H2,(H3,54,55)(H,56,61)/t46-,47-,48+,49+/m1/s1. The van der Waals surface area contributed by atoms with Gasteiger partial charge < -0.3 is 45.8 Å². The van der Waals surface area contributed by atoms with Crippen LogP contribution in [-0.4, -0.2) is 74.8 Å². The number of carbonyl (C=O) groups is 2. The number of rotatable bonds is 20. The molecule has 14 heteroatoms. The molecule has 1 fully saturated rings. The van der Waals surface area contributed by atoms with E-state index in [4.69, 9.17) is 25.9 Å². The van der Waals surface area contributed by atoms with Crippen LogP contribution in [0.5, 0.6) is 0 Å². The Kier molecular flexibility index (Phi) is 16.2. The third kappa shape index (κ3) is 12.6. The van der Waals surface area contributed by atoms with Gasteiger partial charge in [-0.15, -0.1) is 0 Å². The molecule has 1 heterocycles. The van der Waals surface area contributed by atoms with Gasteiger partial charge in [0.25, 0.3) is 5.91 Å². The molecule has 6 aromatic rings. The van der Waals surface area contributed by atoms with Crippen molar-refractivity contribution in [1.82, 2.24) is 15.1 Å². The fourth-order valence-corrected chi connectivity index (χ4v) is 9.76. The Balaban J connectivity index is 1.11. The Bertz CT molecular complexity index is 2540. The number of benzene rings is 6. The molecule has 342 valence electrons. The van der Waals surface area contributed by atoms with Crippen LogP contribution >= 0.6 is 7.60 Å². The third-order valence-corrected chi connectivity index (χ3v) is 13.7. The summed E-state index contributed by atoms with van der Waals surface area (Å²) < 4.78 is 25.8. The van der Waals surface area contributed by atoms with Crippen molar-refractivity contribution in [1.29, 1.82) is 5.41 Å². The van der Waals surface area contributed by atoms with Crippen molar-refractivity contribution in [3.05, 3.63) is 208 Å². The molecule has 7 rings (SSSR count). The first-order chi connectivity index (χ1) is 32.0. The molecule has 0 spiro atoms. The average molecular weight is 909 g/mol. The lowest BCUT2D eigenvalue weighted by Gasteiger charge is -2.36. The Morgan fingerprint density at radius 3 is 1.58 bits per heavy atom. The van der Waals surface area contributed by atoms with E-state index in [-0.39, 0.29) is 63.6 Å². The molecule has 8 N–H and O–H groups in total. The van der Waals surface area contributed by atoms with E-state index < -0.39 is 37.9 Å². The lowest BCUT2D eigenvalue weighted by molar-refractivity contribution is -0.0408. The number of amidine groups is 1. The summed E-state index contributed by atoms with van der Waals surface area (Å²) in [7, 11) is -3.57. The van der Waals surface area contributed by atoms with Crippen LogP contribution in [0.1, 0.15) is 55.7 Å². The van der Waals surface area contributed by atoms with Gasteiger partial charge >= 0.3 is 13.6 Å². The monoisotopic (exact) mass is 908 g/mol. The molecule has 13 nitrogen and oxygen atoms in total. The Morgan fingerprint density at radius 2 is 1.09 bits per heavy atom. The lowest BCUT2D eigenvalue weighted by Crippen LogP contribution is -2.50. The van der Waals surface area contributed by atoms with Crippen LogP contribution in [0.3, 0.4) is 0 Å². The second kappa shape index (κ2) is 22.5. The molecule has 1 aliphatic rings. The summed E-state index contributed by atoms with van der Waals surface area (Å²) in [6, 6.07) is 47.7. The zero-order valence-electron chi connectivity index (χ0n) is 36.7. The number of urea groups is 1.